The zero-order valence-corrected chi connectivity index (χ0v) is 19.8. The van der Waals surface area contributed by atoms with Crippen molar-refractivity contribution in [3.05, 3.63) is 29.8 Å². The normalized spacial score (nSPS) is 11.4. The lowest BCUT2D eigenvalue weighted by Gasteiger charge is -2.25. The Morgan fingerprint density at radius 3 is 2.52 bits per heavy atom. The van der Waals surface area contributed by atoms with E-state index in [9.17, 15) is 4.79 Å². The highest BCUT2D eigenvalue weighted by atomic mass is 127. The first-order valence-corrected chi connectivity index (χ1v) is 9.22. The summed E-state index contributed by atoms with van der Waals surface area (Å²) in [7, 11) is 1.87. The first-order chi connectivity index (χ1) is 12.2. The highest BCUT2D eigenvalue weighted by Gasteiger charge is 2.16. The lowest BCUT2D eigenvalue weighted by atomic mass is 10.1. The van der Waals surface area contributed by atoms with E-state index >= 15 is 0 Å². The first kappa shape index (κ1) is 25.5. The molecule has 7 heteroatoms. The minimum Gasteiger partial charge on any atom is -0.493 e. The van der Waals surface area contributed by atoms with Crippen molar-refractivity contribution in [2.45, 2.75) is 46.6 Å². The number of benzene rings is 1. The van der Waals surface area contributed by atoms with Crippen molar-refractivity contribution in [1.29, 1.82) is 0 Å². The number of hydrogen-bond acceptors (Lipinski definition) is 3. The highest BCUT2D eigenvalue weighted by molar-refractivity contribution is 14.0. The van der Waals surface area contributed by atoms with Crippen LogP contribution in [0, 0.1) is 6.92 Å². The van der Waals surface area contributed by atoms with E-state index in [1.807, 2.05) is 70.8 Å². The van der Waals surface area contributed by atoms with Crippen LogP contribution in [0.1, 0.15) is 39.7 Å². The van der Waals surface area contributed by atoms with Gasteiger partial charge in [0, 0.05) is 32.1 Å². The maximum Gasteiger partial charge on any atom is 0.240 e. The van der Waals surface area contributed by atoms with Gasteiger partial charge in [0.15, 0.2) is 5.96 Å². The second-order valence-electron chi connectivity index (χ2n) is 7.36. The van der Waals surface area contributed by atoms with E-state index in [4.69, 9.17) is 4.74 Å². The Hall–Kier alpha value is -1.51. The van der Waals surface area contributed by atoms with Crippen LogP contribution in [0.3, 0.4) is 0 Å². The van der Waals surface area contributed by atoms with Crippen molar-refractivity contribution in [2.75, 3.05) is 33.3 Å². The molecule has 1 aromatic carbocycles. The van der Waals surface area contributed by atoms with Crippen LogP contribution in [0.4, 0.5) is 0 Å². The highest BCUT2D eigenvalue weighted by Crippen LogP contribution is 2.16. The number of hydrogen-bond donors (Lipinski definition) is 2. The van der Waals surface area contributed by atoms with Gasteiger partial charge in [-0.15, -0.1) is 24.0 Å². The van der Waals surface area contributed by atoms with Crippen LogP contribution < -0.4 is 15.4 Å². The maximum atomic E-state index is 12.1. The molecule has 0 atom stereocenters. The minimum absolute atomic E-state index is 0. The SMILES string of the molecule is CCNC(=NCCCOc1ccccc1C)N(C)CC(=O)NC(C)(C)C.I. The van der Waals surface area contributed by atoms with Gasteiger partial charge in [-0.1, -0.05) is 18.2 Å². The minimum atomic E-state index is -0.236. The second kappa shape index (κ2) is 12.8. The summed E-state index contributed by atoms with van der Waals surface area (Å²) in [5, 5.41) is 6.19. The Morgan fingerprint density at radius 2 is 1.93 bits per heavy atom. The summed E-state index contributed by atoms with van der Waals surface area (Å²) < 4.78 is 5.79. The van der Waals surface area contributed by atoms with Gasteiger partial charge in [-0.3, -0.25) is 9.79 Å². The number of rotatable bonds is 8. The van der Waals surface area contributed by atoms with Crippen molar-refractivity contribution in [3.8, 4) is 5.75 Å². The zero-order valence-electron chi connectivity index (χ0n) is 17.5. The van der Waals surface area contributed by atoms with Crippen LogP contribution in [0.15, 0.2) is 29.3 Å². The summed E-state index contributed by atoms with van der Waals surface area (Å²) in [6.07, 6.45) is 0.811. The van der Waals surface area contributed by atoms with Crippen molar-refractivity contribution in [1.82, 2.24) is 15.5 Å². The fourth-order valence-electron chi connectivity index (χ4n) is 2.37. The van der Waals surface area contributed by atoms with Gasteiger partial charge >= 0.3 is 0 Å². The Labute approximate surface area is 181 Å². The molecule has 0 heterocycles. The fourth-order valence-corrected chi connectivity index (χ4v) is 2.37. The number of nitrogens with one attached hydrogen (secondary N) is 2. The monoisotopic (exact) mass is 490 g/mol. The fraction of sp³-hybridized carbons (Fsp3) is 0.600. The number of halogens is 1. The first-order valence-electron chi connectivity index (χ1n) is 9.22. The molecule has 0 aliphatic rings. The smallest absolute Gasteiger partial charge is 0.240 e. The summed E-state index contributed by atoms with van der Waals surface area (Å²) in [4.78, 5) is 18.5. The summed E-state index contributed by atoms with van der Waals surface area (Å²) in [6, 6.07) is 7.99. The summed E-state index contributed by atoms with van der Waals surface area (Å²) in [5.74, 6) is 1.63. The average Bonchev–Trinajstić information content (AvgIpc) is 2.53. The molecule has 0 saturated carbocycles. The van der Waals surface area contributed by atoms with Crippen molar-refractivity contribution >= 4 is 35.8 Å². The van der Waals surface area contributed by atoms with Crippen LogP contribution in [0.25, 0.3) is 0 Å². The Kier molecular flexibility index (Phi) is 12.1. The lowest BCUT2D eigenvalue weighted by molar-refractivity contribution is -0.122. The van der Waals surface area contributed by atoms with Crippen LogP contribution >= 0.6 is 24.0 Å². The van der Waals surface area contributed by atoms with E-state index in [1.54, 1.807) is 0 Å². The summed E-state index contributed by atoms with van der Waals surface area (Å²) in [5.41, 5.74) is 0.897. The van der Waals surface area contributed by atoms with Gasteiger partial charge in [-0.2, -0.15) is 0 Å². The topological polar surface area (TPSA) is 66.0 Å². The number of guanidine groups is 1. The van der Waals surface area contributed by atoms with E-state index < -0.39 is 0 Å². The predicted octanol–water partition coefficient (Wildman–Crippen LogP) is 3.19. The third-order valence-corrected chi connectivity index (χ3v) is 3.51. The molecule has 0 aromatic heterocycles. The molecule has 6 nitrogen and oxygen atoms in total. The van der Waals surface area contributed by atoms with Gasteiger partial charge in [0.25, 0.3) is 0 Å². The number of aryl methyl sites for hydroxylation is 1. The van der Waals surface area contributed by atoms with Crippen LogP contribution in [-0.4, -0.2) is 55.6 Å². The molecule has 154 valence electrons. The van der Waals surface area contributed by atoms with E-state index in [2.05, 4.69) is 15.6 Å². The van der Waals surface area contributed by atoms with Crippen LogP contribution in [0.5, 0.6) is 5.75 Å². The Morgan fingerprint density at radius 1 is 1.26 bits per heavy atom. The molecule has 27 heavy (non-hydrogen) atoms. The third-order valence-electron chi connectivity index (χ3n) is 3.51. The van der Waals surface area contributed by atoms with E-state index in [0.717, 1.165) is 30.2 Å². The van der Waals surface area contributed by atoms with E-state index in [0.29, 0.717) is 13.2 Å². The van der Waals surface area contributed by atoms with Crippen molar-refractivity contribution in [3.63, 3.8) is 0 Å². The van der Waals surface area contributed by atoms with Crippen molar-refractivity contribution < 1.29 is 9.53 Å². The number of amides is 1. The van der Waals surface area contributed by atoms with Crippen molar-refractivity contribution in [2.24, 2.45) is 4.99 Å². The zero-order chi connectivity index (χ0) is 19.6. The third kappa shape index (κ3) is 11.0. The van der Waals surface area contributed by atoms with Gasteiger partial charge in [-0.05, 0) is 46.2 Å². The molecular formula is C20H35IN4O2. The molecule has 1 aromatic rings. The molecule has 1 rings (SSSR count). The number of likely N-dealkylation sites (N-methyl/N-ethyl adjacent to an activating group) is 1. The number of nitrogens with zero attached hydrogens (tertiary/aromatic N) is 2. The quantitative estimate of drug-likeness (QED) is 0.254. The summed E-state index contributed by atoms with van der Waals surface area (Å²) >= 11 is 0. The van der Waals surface area contributed by atoms with E-state index in [-0.39, 0.29) is 42.0 Å². The van der Waals surface area contributed by atoms with Crippen LogP contribution in [0.2, 0.25) is 0 Å². The number of para-hydroxylation sites is 1. The Bertz CT molecular complexity index is 600. The Balaban J connectivity index is 0.00000676. The second-order valence-corrected chi connectivity index (χ2v) is 7.36. The molecular weight excluding hydrogens is 455 g/mol. The number of ether oxygens (including phenoxy) is 1. The molecule has 2 N–H and O–H groups in total. The molecule has 0 aliphatic heterocycles. The molecule has 0 spiro atoms. The van der Waals surface area contributed by atoms with Gasteiger partial charge in [0.1, 0.15) is 5.75 Å². The van der Waals surface area contributed by atoms with Crippen LogP contribution in [-0.2, 0) is 4.79 Å². The molecule has 0 unspecified atom stereocenters. The van der Waals surface area contributed by atoms with Gasteiger partial charge in [-0.25, -0.2) is 0 Å². The molecule has 1 amide bonds. The van der Waals surface area contributed by atoms with Gasteiger partial charge in [0.2, 0.25) is 5.91 Å². The number of carbonyl (C=O) groups is 1. The molecule has 0 fully saturated rings. The number of aliphatic imine (C=N–C) groups is 1. The molecule has 0 radical (unpaired) electrons. The standard InChI is InChI=1S/C20H34N4O2.HI/c1-7-21-19(24(6)15-18(25)23-20(3,4)5)22-13-10-14-26-17-12-9-8-11-16(17)2;/h8-9,11-12H,7,10,13-15H2,1-6H3,(H,21,22)(H,23,25);1H. The van der Waals surface area contributed by atoms with Gasteiger partial charge < -0.3 is 20.3 Å². The maximum absolute atomic E-state index is 12.1. The largest absolute Gasteiger partial charge is 0.493 e. The van der Waals surface area contributed by atoms with Gasteiger partial charge in [0.05, 0.1) is 13.2 Å². The molecule has 0 saturated heterocycles. The molecule has 0 bridgehead atoms. The predicted molar refractivity (Wildman–Crippen MR) is 123 cm³/mol. The number of carbonyl (C=O) groups excluding carboxylic acids is 1. The molecule has 0 aliphatic carbocycles. The lowest BCUT2D eigenvalue weighted by Crippen LogP contribution is -2.48. The summed E-state index contributed by atoms with van der Waals surface area (Å²) in [6.45, 7) is 12.2. The average molecular weight is 490 g/mol. The van der Waals surface area contributed by atoms with E-state index in [1.165, 1.54) is 0 Å².